The molecular formula is C11H10Cl2N2S. The van der Waals surface area contributed by atoms with E-state index >= 15 is 0 Å². The SMILES string of the molecule is CC(C)c1c(Cl)nc(-c2ccsc2)nc1Cl. The van der Waals surface area contributed by atoms with Crippen molar-refractivity contribution in [1.29, 1.82) is 0 Å². The Balaban J connectivity index is 2.53. The van der Waals surface area contributed by atoms with Gasteiger partial charge in [-0.15, -0.1) is 0 Å². The lowest BCUT2D eigenvalue weighted by Gasteiger charge is -2.10. The van der Waals surface area contributed by atoms with Crippen molar-refractivity contribution in [3.63, 3.8) is 0 Å². The smallest absolute Gasteiger partial charge is 0.163 e. The zero-order chi connectivity index (χ0) is 11.7. The van der Waals surface area contributed by atoms with E-state index in [9.17, 15) is 0 Å². The maximum Gasteiger partial charge on any atom is 0.163 e. The van der Waals surface area contributed by atoms with Crippen LogP contribution in [0.3, 0.4) is 0 Å². The van der Waals surface area contributed by atoms with E-state index in [1.807, 2.05) is 30.7 Å². The summed E-state index contributed by atoms with van der Waals surface area (Å²) in [5.74, 6) is 0.803. The summed E-state index contributed by atoms with van der Waals surface area (Å²) in [4.78, 5) is 8.55. The Hall–Kier alpha value is -0.640. The van der Waals surface area contributed by atoms with E-state index in [1.54, 1.807) is 11.3 Å². The van der Waals surface area contributed by atoms with Crippen molar-refractivity contribution in [1.82, 2.24) is 9.97 Å². The highest BCUT2D eigenvalue weighted by Gasteiger charge is 2.15. The van der Waals surface area contributed by atoms with Crippen molar-refractivity contribution in [3.8, 4) is 11.4 Å². The third-order valence-electron chi connectivity index (χ3n) is 2.21. The molecule has 0 spiro atoms. The molecular weight excluding hydrogens is 263 g/mol. The Morgan fingerprint density at radius 1 is 1.19 bits per heavy atom. The van der Waals surface area contributed by atoms with Crippen molar-refractivity contribution in [2.75, 3.05) is 0 Å². The molecule has 16 heavy (non-hydrogen) atoms. The third kappa shape index (κ3) is 2.21. The Labute approximate surface area is 108 Å². The van der Waals surface area contributed by atoms with Gasteiger partial charge in [-0.05, 0) is 17.4 Å². The maximum absolute atomic E-state index is 6.11. The van der Waals surface area contributed by atoms with Gasteiger partial charge in [0.05, 0.1) is 0 Å². The number of nitrogens with zero attached hydrogens (tertiary/aromatic N) is 2. The standard InChI is InChI=1S/C11H10Cl2N2S/c1-6(2)8-9(12)14-11(15-10(8)13)7-3-4-16-5-7/h3-6H,1-2H3. The molecule has 5 heteroatoms. The molecule has 0 atom stereocenters. The topological polar surface area (TPSA) is 25.8 Å². The van der Waals surface area contributed by atoms with Gasteiger partial charge in [-0.1, -0.05) is 37.0 Å². The lowest BCUT2D eigenvalue weighted by Crippen LogP contribution is -1.98. The van der Waals surface area contributed by atoms with Gasteiger partial charge >= 0.3 is 0 Å². The molecule has 2 aromatic heterocycles. The molecule has 0 fully saturated rings. The summed E-state index contributed by atoms with van der Waals surface area (Å²) in [6.07, 6.45) is 0. The van der Waals surface area contributed by atoms with Gasteiger partial charge in [0, 0.05) is 16.5 Å². The van der Waals surface area contributed by atoms with Crippen LogP contribution in [0.4, 0.5) is 0 Å². The quantitative estimate of drug-likeness (QED) is 0.745. The van der Waals surface area contributed by atoms with E-state index in [-0.39, 0.29) is 5.92 Å². The predicted octanol–water partition coefficient (Wildman–Crippen LogP) is 4.64. The van der Waals surface area contributed by atoms with Gasteiger partial charge in [-0.2, -0.15) is 11.3 Å². The Bertz CT molecular complexity index is 472. The van der Waals surface area contributed by atoms with Crippen molar-refractivity contribution in [3.05, 3.63) is 32.7 Å². The first-order chi connectivity index (χ1) is 7.59. The molecule has 84 valence electrons. The first-order valence-corrected chi connectivity index (χ1v) is 6.55. The lowest BCUT2D eigenvalue weighted by atomic mass is 10.1. The van der Waals surface area contributed by atoms with Crippen LogP contribution in [0.25, 0.3) is 11.4 Å². The van der Waals surface area contributed by atoms with Crippen LogP contribution in [-0.4, -0.2) is 9.97 Å². The van der Waals surface area contributed by atoms with Crippen LogP contribution in [0.1, 0.15) is 25.3 Å². The molecule has 2 heterocycles. The summed E-state index contributed by atoms with van der Waals surface area (Å²) in [5.41, 5.74) is 1.76. The summed E-state index contributed by atoms with van der Waals surface area (Å²) in [7, 11) is 0. The maximum atomic E-state index is 6.11. The first kappa shape index (κ1) is 11.8. The average molecular weight is 273 g/mol. The van der Waals surface area contributed by atoms with Gasteiger partial charge < -0.3 is 0 Å². The zero-order valence-electron chi connectivity index (χ0n) is 8.87. The number of thiophene rings is 1. The molecule has 0 aliphatic carbocycles. The molecule has 0 unspecified atom stereocenters. The summed E-state index contributed by atoms with van der Waals surface area (Å²) in [6.45, 7) is 4.03. The Kier molecular flexibility index (Phi) is 3.47. The fourth-order valence-corrected chi connectivity index (χ4v) is 2.87. The van der Waals surface area contributed by atoms with Crippen LogP contribution < -0.4 is 0 Å². The molecule has 0 N–H and O–H groups in total. The third-order valence-corrected chi connectivity index (χ3v) is 3.47. The number of aromatic nitrogens is 2. The lowest BCUT2D eigenvalue weighted by molar-refractivity contribution is 0.848. The minimum atomic E-state index is 0.219. The Morgan fingerprint density at radius 2 is 1.81 bits per heavy atom. The van der Waals surface area contributed by atoms with Gasteiger partial charge in [-0.3, -0.25) is 0 Å². The first-order valence-electron chi connectivity index (χ1n) is 4.85. The van der Waals surface area contributed by atoms with E-state index in [0.29, 0.717) is 16.1 Å². The number of halogens is 2. The van der Waals surface area contributed by atoms with E-state index in [0.717, 1.165) is 11.1 Å². The normalized spacial score (nSPS) is 11.1. The van der Waals surface area contributed by atoms with Crippen LogP contribution in [0.2, 0.25) is 10.3 Å². The number of hydrogen-bond donors (Lipinski definition) is 0. The van der Waals surface area contributed by atoms with Crippen molar-refractivity contribution < 1.29 is 0 Å². The van der Waals surface area contributed by atoms with Crippen molar-refractivity contribution >= 4 is 34.5 Å². The Morgan fingerprint density at radius 3 is 2.25 bits per heavy atom. The van der Waals surface area contributed by atoms with Gasteiger partial charge in [0.15, 0.2) is 5.82 Å². The molecule has 0 aromatic carbocycles. The largest absolute Gasteiger partial charge is 0.216 e. The van der Waals surface area contributed by atoms with E-state index in [4.69, 9.17) is 23.2 Å². The van der Waals surface area contributed by atoms with Gasteiger partial charge in [0.1, 0.15) is 10.3 Å². The molecule has 2 nitrogen and oxygen atoms in total. The molecule has 0 saturated carbocycles. The van der Waals surface area contributed by atoms with Gasteiger partial charge in [-0.25, -0.2) is 9.97 Å². The minimum Gasteiger partial charge on any atom is -0.216 e. The fourth-order valence-electron chi connectivity index (χ4n) is 1.41. The van der Waals surface area contributed by atoms with Crippen LogP contribution in [0.15, 0.2) is 16.8 Å². The predicted molar refractivity (Wildman–Crippen MR) is 69.5 cm³/mol. The molecule has 0 saturated heterocycles. The number of hydrogen-bond acceptors (Lipinski definition) is 3. The molecule has 0 bridgehead atoms. The van der Waals surface area contributed by atoms with E-state index in [1.165, 1.54) is 0 Å². The second-order valence-electron chi connectivity index (χ2n) is 3.71. The number of rotatable bonds is 2. The van der Waals surface area contributed by atoms with Crippen LogP contribution in [0, 0.1) is 0 Å². The highest BCUT2D eigenvalue weighted by Crippen LogP contribution is 2.31. The van der Waals surface area contributed by atoms with E-state index < -0.39 is 0 Å². The summed E-state index contributed by atoms with van der Waals surface area (Å²) >= 11 is 13.8. The van der Waals surface area contributed by atoms with Crippen molar-refractivity contribution in [2.45, 2.75) is 19.8 Å². The molecule has 0 amide bonds. The highest BCUT2D eigenvalue weighted by molar-refractivity contribution is 7.08. The zero-order valence-corrected chi connectivity index (χ0v) is 11.2. The average Bonchev–Trinajstić information content (AvgIpc) is 2.67. The van der Waals surface area contributed by atoms with Crippen LogP contribution in [-0.2, 0) is 0 Å². The van der Waals surface area contributed by atoms with Crippen LogP contribution in [0.5, 0.6) is 0 Å². The molecule has 2 aromatic rings. The van der Waals surface area contributed by atoms with Gasteiger partial charge in [0.2, 0.25) is 0 Å². The monoisotopic (exact) mass is 272 g/mol. The van der Waals surface area contributed by atoms with E-state index in [2.05, 4.69) is 9.97 Å². The highest BCUT2D eigenvalue weighted by atomic mass is 35.5. The summed E-state index contributed by atoms with van der Waals surface area (Å²) in [6, 6.07) is 1.95. The fraction of sp³-hybridized carbons (Fsp3) is 0.273. The molecule has 2 rings (SSSR count). The van der Waals surface area contributed by atoms with Gasteiger partial charge in [0.25, 0.3) is 0 Å². The summed E-state index contributed by atoms with van der Waals surface area (Å²) < 4.78 is 0. The van der Waals surface area contributed by atoms with Crippen LogP contribution >= 0.6 is 34.5 Å². The van der Waals surface area contributed by atoms with Crippen molar-refractivity contribution in [2.24, 2.45) is 0 Å². The molecule has 0 aliphatic rings. The molecule has 0 radical (unpaired) electrons. The summed E-state index contributed by atoms with van der Waals surface area (Å²) in [5, 5.41) is 4.82. The second-order valence-corrected chi connectivity index (χ2v) is 5.21. The molecule has 0 aliphatic heterocycles. The second kappa shape index (κ2) is 4.70. The minimum absolute atomic E-state index is 0.219.